The van der Waals surface area contributed by atoms with Crippen LogP contribution in [0.3, 0.4) is 0 Å². The van der Waals surface area contributed by atoms with Crippen LogP contribution in [0, 0.1) is 0 Å². The highest BCUT2D eigenvalue weighted by atomic mass is 16.5. The number of benzene rings is 2. The number of alkyl carbamates (subject to hydrolysis) is 1. The second-order valence-electron chi connectivity index (χ2n) is 6.25. The van der Waals surface area contributed by atoms with Gasteiger partial charge in [0.05, 0.1) is 6.61 Å². The Morgan fingerprint density at radius 3 is 2.08 bits per heavy atom. The molecule has 0 heterocycles. The molecule has 3 N–H and O–H groups in total. The molecule has 0 fully saturated rings. The molecule has 1 aliphatic carbocycles. The Morgan fingerprint density at radius 1 is 1.08 bits per heavy atom. The SMILES string of the molecule is C[C@](CO)(NC(=O)OCC1c2ccccc2-c2ccccc21)C(=O)O. The molecule has 0 saturated heterocycles. The van der Waals surface area contributed by atoms with Crippen molar-refractivity contribution in [2.24, 2.45) is 0 Å². The minimum atomic E-state index is -1.78. The molecule has 2 aromatic carbocycles. The number of carboxylic acid groups (broad SMARTS) is 1. The van der Waals surface area contributed by atoms with E-state index in [2.05, 4.69) is 5.32 Å². The van der Waals surface area contributed by atoms with Crippen molar-refractivity contribution < 1.29 is 24.5 Å². The Kier molecular flexibility index (Phi) is 4.46. The zero-order valence-corrected chi connectivity index (χ0v) is 13.7. The Balaban J connectivity index is 1.76. The van der Waals surface area contributed by atoms with Crippen LogP contribution in [0.5, 0.6) is 0 Å². The van der Waals surface area contributed by atoms with Gasteiger partial charge < -0.3 is 20.3 Å². The van der Waals surface area contributed by atoms with Crippen LogP contribution in [0.25, 0.3) is 11.1 Å². The fraction of sp³-hybridized carbons (Fsp3) is 0.263. The van der Waals surface area contributed by atoms with Crippen molar-refractivity contribution in [2.45, 2.75) is 18.4 Å². The van der Waals surface area contributed by atoms with Gasteiger partial charge in [0.15, 0.2) is 5.54 Å². The van der Waals surface area contributed by atoms with E-state index < -0.39 is 24.2 Å². The van der Waals surface area contributed by atoms with E-state index >= 15 is 0 Å². The van der Waals surface area contributed by atoms with Crippen molar-refractivity contribution >= 4 is 12.1 Å². The number of aliphatic hydroxyl groups excluding tert-OH is 1. The Morgan fingerprint density at radius 2 is 1.60 bits per heavy atom. The summed E-state index contributed by atoms with van der Waals surface area (Å²) in [6.07, 6.45) is -0.874. The normalized spacial score (nSPS) is 15.0. The first-order valence-corrected chi connectivity index (χ1v) is 7.93. The lowest BCUT2D eigenvalue weighted by Crippen LogP contribution is -2.55. The monoisotopic (exact) mass is 341 g/mol. The first kappa shape index (κ1) is 17.0. The third-order valence-corrected chi connectivity index (χ3v) is 4.51. The van der Waals surface area contributed by atoms with Gasteiger partial charge in [0, 0.05) is 5.92 Å². The topological polar surface area (TPSA) is 95.9 Å². The number of fused-ring (bicyclic) bond motifs is 3. The smallest absolute Gasteiger partial charge is 0.408 e. The molecule has 2 aromatic rings. The maximum absolute atomic E-state index is 12.0. The lowest BCUT2D eigenvalue weighted by Gasteiger charge is -2.23. The zero-order chi connectivity index (χ0) is 18.0. The molecule has 25 heavy (non-hydrogen) atoms. The molecular weight excluding hydrogens is 322 g/mol. The number of aliphatic carboxylic acids is 1. The molecule has 3 rings (SSSR count). The van der Waals surface area contributed by atoms with Crippen LogP contribution in [0.15, 0.2) is 48.5 Å². The Bertz CT molecular complexity index is 773. The predicted octanol–water partition coefficient (Wildman–Crippen LogP) is 2.36. The largest absolute Gasteiger partial charge is 0.479 e. The number of hydrogen-bond donors (Lipinski definition) is 3. The number of rotatable bonds is 5. The highest BCUT2D eigenvalue weighted by Gasteiger charge is 2.35. The molecule has 6 heteroatoms. The molecule has 0 spiro atoms. The first-order chi connectivity index (χ1) is 12.0. The Labute approximate surface area is 145 Å². The van der Waals surface area contributed by atoms with Gasteiger partial charge in [0.2, 0.25) is 0 Å². The van der Waals surface area contributed by atoms with Crippen LogP contribution in [-0.2, 0) is 9.53 Å². The highest BCUT2D eigenvalue weighted by Crippen LogP contribution is 2.44. The van der Waals surface area contributed by atoms with E-state index in [-0.39, 0.29) is 12.5 Å². The van der Waals surface area contributed by atoms with E-state index in [1.807, 2.05) is 48.5 Å². The van der Waals surface area contributed by atoms with E-state index in [1.165, 1.54) is 6.92 Å². The molecule has 0 unspecified atom stereocenters. The number of carbonyl (C=O) groups excluding carboxylic acids is 1. The van der Waals surface area contributed by atoms with Crippen LogP contribution >= 0.6 is 0 Å². The Hall–Kier alpha value is -2.86. The summed E-state index contributed by atoms with van der Waals surface area (Å²) in [6.45, 7) is 0.574. The number of ether oxygens (including phenoxy) is 1. The molecular formula is C19H19NO5. The van der Waals surface area contributed by atoms with Crippen molar-refractivity contribution in [3.63, 3.8) is 0 Å². The summed E-state index contributed by atoms with van der Waals surface area (Å²) in [6, 6.07) is 15.8. The van der Waals surface area contributed by atoms with Crippen LogP contribution in [0.1, 0.15) is 24.0 Å². The fourth-order valence-electron chi connectivity index (χ4n) is 3.02. The summed E-state index contributed by atoms with van der Waals surface area (Å²) in [5.74, 6) is -1.44. The van der Waals surface area contributed by atoms with E-state index in [4.69, 9.17) is 9.84 Å². The molecule has 0 aromatic heterocycles. The van der Waals surface area contributed by atoms with Crippen LogP contribution < -0.4 is 5.32 Å². The summed E-state index contributed by atoms with van der Waals surface area (Å²) < 4.78 is 5.26. The summed E-state index contributed by atoms with van der Waals surface area (Å²) in [4.78, 5) is 23.1. The number of carbonyl (C=O) groups is 2. The first-order valence-electron chi connectivity index (χ1n) is 7.93. The number of nitrogens with one attached hydrogen (secondary N) is 1. The number of carboxylic acids is 1. The zero-order valence-electron chi connectivity index (χ0n) is 13.7. The number of amides is 1. The van der Waals surface area contributed by atoms with Gasteiger partial charge in [-0.1, -0.05) is 48.5 Å². The van der Waals surface area contributed by atoms with Crippen molar-refractivity contribution in [3.05, 3.63) is 59.7 Å². The quantitative estimate of drug-likeness (QED) is 0.776. The second-order valence-corrected chi connectivity index (χ2v) is 6.25. The van der Waals surface area contributed by atoms with Crippen LogP contribution in [0.2, 0.25) is 0 Å². The molecule has 0 bridgehead atoms. The van der Waals surface area contributed by atoms with Crippen LogP contribution in [0.4, 0.5) is 4.79 Å². The fourth-order valence-corrected chi connectivity index (χ4v) is 3.02. The minimum Gasteiger partial charge on any atom is -0.479 e. The maximum atomic E-state index is 12.0. The average molecular weight is 341 g/mol. The molecule has 6 nitrogen and oxygen atoms in total. The molecule has 1 aliphatic rings. The number of hydrogen-bond acceptors (Lipinski definition) is 4. The van der Waals surface area contributed by atoms with E-state index in [0.29, 0.717) is 0 Å². The predicted molar refractivity (Wildman–Crippen MR) is 91.3 cm³/mol. The van der Waals surface area contributed by atoms with Gasteiger partial charge in [-0.3, -0.25) is 0 Å². The lowest BCUT2D eigenvalue weighted by atomic mass is 9.98. The van der Waals surface area contributed by atoms with Crippen molar-refractivity contribution in [1.82, 2.24) is 5.32 Å². The van der Waals surface area contributed by atoms with E-state index in [0.717, 1.165) is 22.3 Å². The van der Waals surface area contributed by atoms with Gasteiger partial charge in [-0.25, -0.2) is 9.59 Å². The average Bonchev–Trinajstić information content (AvgIpc) is 2.94. The molecule has 1 atom stereocenters. The van der Waals surface area contributed by atoms with Crippen molar-refractivity contribution in [1.29, 1.82) is 0 Å². The van der Waals surface area contributed by atoms with Gasteiger partial charge in [-0.2, -0.15) is 0 Å². The molecule has 0 aliphatic heterocycles. The van der Waals surface area contributed by atoms with Crippen molar-refractivity contribution in [3.8, 4) is 11.1 Å². The van der Waals surface area contributed by atoms with Gasteiger partial charge in [0.1, 0.15) is 6.61 Å². The number of aliphatic hydroxyl groups is 1. The molecule has 0 radical (unpaired) electrons. The summed E-state index contributed by atoms with van der Waals surface area (Å²) in [7, 11) is 0. The van der Waals surface area contributed by atoms with Gasteiger partial charge in [-0.05, 0) is 29.2 Å². The third kappa shape index (κ3) is 3.08. The molecule has 130 valence electrons. The summed E-state index contributed by atoms with van der Waals surface area (Å²) >= 11 is 0. The van der Waals surface area contributed by atoms with Crippen molar-refractivity contribution in [2.75, 3.05) is 13.2 Å². The summed E-state index contributed by atoms with van der Waals surface area (Å²) in [5, 5.41) is 20.5. The summed E-state index contributed by atoms with van der Waals surface area (Å²) in [5.41, 5.74) is 2.58. The second kappa shape index (κ2) is 6.57. The van der Waals surface area contributed by atoms with Gasteiger partial charge >= 0.3 is 12.1 Å². The van der Waals surface area contributed by atoms with Gasteiger partial charge in [0.25, 0.3) is 0 Å². The lowest BCUT2D eigenvalue weighted by molar-refractivity contribution is -0.145. The molecule has 0 saturated carbocycles. The van der Waals surface area contributed by atoms with E-state index in [1.54, 1.807) is 0 Å². The maximum Gasteiger partial charge on any atom is 0.408 e. The van der Waals surface area contributed by atoms with Gasteiger partial charge in [-0.15, -0.1) is 0 Å². The third-order valence-electron chi connectivity index (χ3n) is 4.51. The minimum absolute atomic E-state index is 0.0843. The molecule has 1 amide bonds. The van der Waals surface area contributed by atoms with Crippen LogP contribution in [-0.4, -0.2) is 41.0 Å². The standard InChI is InChI=1S/C19H19NO5/c1-19(11-21,17(22)23)20-18(24)25-10-16-14-8-4-2-6-12(14)13-7-3-5-9-15(13)16/h2-9,16,21H,10-11H2,1H3,(H,20,24)(H,22,23)/t19-/m1/s1. The highest BCUT2D eigenvalue weighted by molar-refractivity contribution is 5.84. The van der Waals surface area contributed by atoms with E-state index in [9.17, 15) is 14.7 Å².